The second-order valence-electron chi connectivity index (χ2n) is 13.4. The van der Waals surface area contributed by atoms with E-state index >= 15 is 4.39 Å². The molecule has 4 aromatic rings. The molecule has 3 unspecified atom stereocenters. The highest BCUT2D eigenvalue weighted by molar-refractivity contribution is 6.03. The van der Waals surface area contributed by atoms with Crippen LogP contribution in [0, 0.1) is 29.4 Å². The summed E-state index contributed by atoms with van der Waals surface area (Å²) in [6.45, 7) is 13.5. The molecule has 2 aliphatic heterocycles. The van der Waals surface area contributed by atoms with Crippen molar-refractivity contribution in [2.75, 3.05) is 45.3 Å². The van der Waals surface area contributed by atoms with E-state index in [2.05, 4.69) is 34.4 Å². The minimum atomic E-state index is -1.26. The molecule has 1 N–H and O–H groups in total. The van der Waals surface area contributed by atoms with Crippen LogP contribution in [-0.4, -0.2) is 77.0 Å². The lowest BCUT2D eigenvalue weighted by atomic mass is 9.76. The summed E-state index contributed by atoms with van der Waals surface area (Å²) in [6, 6.07) is 5.78. The Kier molecular flexibility index (Phi) is 12.0. The van der Waals surface area contributed by atoms with Crippen LogP contribution in [0.4, 0.5) is 19.0 Å². The molecular weight excluding hydrogens is 667 g/mol. The molecule has 2 aromatic heterocycles. The minimum Gasteiger partial charge on any atom is -0.508 e. The number of phenolic OH excluding ortho intramolecular Hbond substituents is 1. The first-order valence-electron chi connectivity index (χ1n) is 18.4. The second-order valence-corrected chi connectivity index (χ2v) is 13.4. The SMILES string of the molecule is C#Cc1c(F)ccc2cc(O)cc(-c3ncc4c(N5CCCC(OC)(C(=C)F)C5)nc(OCC56CCCC5N(C)CCC6)nc4c3F)c12.CC.CC. The molecule has 3 fully saturated rings. The van der Waals surface area contributed by atoms with Crippen LogP contribution in [0.1, 0.15) is 78.2 Å². The Morgan fingerprint density at radius 1 is 1.08 bits per heavy atom. The molecule has 3 aliphatic rings. The van der Waals surface area contributed by atoms with Gasteiger partial charge in [-0.05, 0) is 75.7 Å². The third kappa shape index (κ3) is 6.91. The van der Waals surface area contributed by atoms with Crippen molar-refractivity contribution in [2.24, 2.45) is 5.41 Å². The highest BCUT2D eigenvalue weighted by Gasteiger charge is 2.47. The van der Waals surface area contributed by atoms with Crippen molar-refractivity contribution in [3.63, 3.8) is 0 Å². The molecule has 2 saturated heterocycles. The van der Waals surface area contributed by atoms with Gasteiger partial charge in [-0.1, -0.05) is 52.7 Å². The van der Waals surface area contributed by atoms with Crippen molar-refractivity contribution >= 4 is 27.5 Å². The van der Waals surface area contributed by atoms with Crippen molar-refractivity contribution in [2.45, 2.75) is 84.3 Å². The van der Waals surface area contributed by atoms with E-state index < -0.39 is 23.1 Å². The minimum absolute atomic E-state index is 0.00871. The Labute approximate surface area is 305 Å². The van der Waals surface area contributed by atoms with Gasteiger partial charge in [0, 0.05) is 42.3 Å². The molecule has 0 amide bonds. The first kappa shape index (κ1) is 38.8. The zero-order valence-electron chi connectivity index (χ0n) is 31.2. The summed E-state index contributed by atoms with van der Waals surface area (Å²) >= 11 is 0. The number of likely N-dealkylation sites (tertiary alicyclic amines) is 1. The van der Waals surface area contributed by atoms with Gasteiger partial charge < -0.3 is 24.4 Å². The predicted molar refractivity (Wildman–Crippen MR) is 201 cm³/mol. The molecule has 11 heteroatoms. The van der Waals surface area contributed by atoms with Gasteiger partial charge in [-0.2, -0.15) is 9.97 Å². The maximum atomic E-state index is 16.9. The van der Waals surface area contributed by atoms with Crippen LogP contribution in [0.2, 0.25) is 0 Å². The van der Waals surface area contributed by atoms with Crippen molar-refractivity contribution in [3.8, 4) is 35.4 Å². The van der Waals surface area contributed by atoms with Crippen LogP contribution in [0.3, 0.4) is 0 Å². The number of hydrogen-bond donors (Lipinski definition) is 1. The average molecular weight is 718 g/mol. The highest BCUT2D eigenvalue weighted by Crippen LogP contribution is 2.48. The van der Waals surface area contributed by atoms with Gasteiger partial charge in [0.05, 0.1) is 24.1 Å². The molecule has 0 bridgehead atoms. The Morgan fingerprint density at radius 2 is 1.81 bits per heavy atom. The summed E-state index contributed by atoms with van der Waals surface area (Å²) in [6.07, 6.45) is 13.4. The Balaban J connectivity index is 0.00000126. The molecule has 4 heterocycles. The van der Waals surface area contributed by atoms with Gasteiger partial charge >= 0.3 is 6.01 Å². The number of anilines is 1. The molecule has 278 valence electrons. The number of benzene rings is 2. The zero-order valence-corrected chi connectivity index (χ0v) is 31.2. The number of ether oxygens (including phenoxy) is 2. The smallest absolute Gasteiger partial charge is 0.319 e. The Hall–Kier alpha value is -4.40. The van der Waals surface area contributed by atoms with E-state index in [1.165, 1.54) is 37.6 Å². The van der Waals surface area contributed by atoms with Crippen molar-refractivity contribution in [1.29, 1.82) is 0 Å². The number of phenols is 1. The molecule has 8 nitrogen and oxygen atoms in total. The van der Waals surface area contributed by atoms with E-state index in [9.17, 15) is 13.9 Å². The molecule has 52 heavy (non-hydrogen) atoms. The van der Waals surface area contributed by atoms with E-state index in [1.54, 1.807) is 0 Å². The summed E-state index contributed by atoms with van der Waals surface area (Å²) in [4.78, 5) is 18.1. The van der Waals surface area contributed by atoms with Gasteiger partial charge in [0.1, 0.15) is 40.0 Å². The topological polar surface area (TPSA) is 83.8 Å². The van der Waals surface area contributed by atoms with Gasteiger partial charge in [-0.15, -0.1) is 6.42 Å². The zero-order chi connectivity index (χ0) is 37.8. The summed E-state index contributed by atoms with van der Waals surface area (Å²) in [5.41, 5.74) is -1.54. The van der Waals surface area contributed by atoms with Gasteiger partial charge in [0.2, 0.25) is 0 Å². The van der Waals surface area contributed by atoms with E-state index in [1.807, 2.05) is 32.6 Å². The number of pyridine rings is 1. The third-order valence-corrected chi connectivity index (χ3v) is 10.8. The lowest BCUT2D eigenvalue weighted by Gasteiger charge is -2.44. The molecule has 1 aliphatic carbocycles. The molecule has 3 atom stereocenters. The molecule has 0 spiro atoms. The van der Waals surface area contributed by atoms with Gasteiger partial charge in [-0.3, -0.25) is 4.98 Å². The largest absolute Gasteiger partial charge is 0.508 e. The monoisotopic (exact) mass is 717 g/mol. The van der Waals surface area contributed by atoms with Gasteiger partial charge in [0.25, 0.3) is 0 Å². The van der Waals surface area contributed by atoms with Crippen LogP contribution in [0.15, 0.2) is 42.9 Å². The second kappa shape index (κ2) is 16.1. The van der Waals surface area contributed by atoms with E-state index in [0.29, 0.717) is 43.2 Å². The van der Waals surface area contributed by atoms with Gasteiger partial charge in [0.15, 0.2) is 5.82 Å². The molecule has 7 rings (SSSR count). The van der Waals surface area contributed by atoms with Gasteiger partial charge in [-0.25, -0.2) is 13.2 Å². The van der Waals surface area contributed by atoms with E-state index in [0.717, 1.165) is 38.6 Å². The summed E-state index contributed by atoms with van der Waals surface area (Å²) in [7, 11) is 3.60. The number of rotatable bonds is 7. The van der Waals surface area contributed by atoms with E-state index in [-0.39, 0.29) is 56.8 Å². The average Bonchev–Trinajstić information content (AvgIpc) is 3.61. The van der Waals surface area contributed by atoms with Crippen LogP contribution in [0.5, 0.6) is 11.8 Å². The molecule has 0 radical (unpaired) electrons. The van der Waals surface area contributed by atoms with Crippen molar-refractivity contribution < 1.29 is 27.8 Å². The normalized spacial score (nSPS) is 22.8. The molecular formula is C41H50F3N5O3. The van der Waals surface area contributed by atoms with Crippen LogP contribution in [-0.2, 0) is 4.74 Å². The number of aromatic hydroxyl groups is 1. The fourth-order valence-corrected chi connectivity index (χ4v) is 8.35. The number of fused-ring (bicyclic) bond motifs is 3. The number of methoxy groups -OCH3 is 1. The number of aromatic nitrogens is 3. The lowest BCUT2D eigenvalue weighted by Crippen LogP contribution is -2.50. The predicted octanol–water partition coefficient (Wildman–Crippen LogP) is 8.97. The lowest BCUT2D eigenvalue weighted by molar-refractivity contribution is -0.00615. The first-order chi connectivity index (χ1) is 25.1. The number of piperidine rings is 2. The van der Waals surface area contributed by atoms with Crippen molar-refractivity contribution in [3.05, 3.63) is 60.1 Å². The highest BCUT2D eigenvalue weighted by atomic mass is 19.1. The van der Waals surface area contributed by atoms with Crippen LogP contribution < -0.4 is 9.64 Å². The van der Waals surface area contributed by atoms with Crippen LogP contribution in [0.25, 0.3) is 32.9 Å². The molecule has 2 aromatic carbocycles. The fraction of sp³-hybridized carbons (Fsp3) is 0.488. The first-order valence-corrected chi connectivity index (χ1v) is 18.4. The molecule has 1 saturated carbocycles. The Bertz CT molecular complexity index is 1980. The standard InChI is InChI=1S/C37H38F3N5O3.2C2H6/c1-5-25-28(39)11-10-23-17-24(46)18-26(30(23)25)32-31(40)33-27(19-41-32)34(45-16-8-14-37(20-45,47-4)22(2)38)43-35(42-33)48-21-36-12-6-9-29(36)44(3)15-7-13-36;2*1-2/h1,10-11,17-19,29,46H,2,6-9,12-16,20-21H2,3-4H3;2*1-2H3. The summed E-state index contributed by atoms with van der Waals surface area (Å²) in [5, 5.41) is 11.5. The number of nitrogens with zero attached hydrogens (tertiary/aromatic N) is 5. The number of hydrogen-bond acceptors (Lipinski definition) is 8. The van der Waals surface area contributed by atoms with Crippen LogP contribution >= 0.6 is 0 Å². The summed E-state index contributed by atoms with van der Waals surface area (Å²) in [5.74, 6) is 0.448. The number of halogens is 3. The van der Waals surface area contributed by atoms with E-state index in [4.69, 9.17) is 20.9 Å². The quantitative estimate of drug-likeness (QED) is 0.190. The fourth-order valence-electron chi connectivity index (χ4n) is 8.35. The Morgan fingerprint density at radius 3 is 2.52 bits per heavy atom. The maximum absolute atomic E-state index is 16.9. The number of terminal acetylenes is 1. The summed E-state index contributed by atoms with van der Waals surface area (Å²) < 4.78 is 58.7. The van der Waals surface area contributed by atoms with Crippen molar-refractivity contribution in [1.82, 2.24) is 19.9 Å². The third-order valence-electron chi connectivity index (χ3n) is 10.8. The maximum Gasteiger partial charge on any atom is 0.319 e.